The van der Waals surface area contributed by atoms with Crippen LogP contribution >= 0.6 is 0 Å². The lowest BCUT2D eigenvalue weighted by Crippen LogP contribution is -2.47. The van der Waals surface area contributed by atoms with Crippen molar-refractivity contribution in [3.8, 4) is 11.5 Å². The van der Waals surface area contributed by atoms with E-state index in [4.69, 9.17) is 14.2 Å². The Balaban J connectivity index is 1.61. The molecule has 10 nitrogen and oxygen atoms in total. The van der Waals surface area contributed by atoms with Crippen molar-refractivity contribution in [1.29, 1.82) is 0 Å². The predicted molar refractivity (Wildman–Crippen MR) is 185 cm³/mol. The molecule has 47 heavy (non-hydrogen) atoms. The van der Waals surface area contributed by atoms with E-state index in [1.54, 1.807) is 29.2 Å². The number of likely N-dealkylation sites (N-methyl/N-ethyl adjacent to an activating group) is 1. The highest BCUT2D eigenvalue weighted by Gasteiger charge is 2.31. The Hall–Kier alpha value is -2.86. The minimum atomic E-state index is -3.95. The van der Waals surface area contributed by atoms with E-state index in [0.717, 1.165) is 32.4 Å². The number of rotatable bonds is 10. The summed E-state index contributed by atoms with van der Waals surface area (Å²) in [5.74, 6) is 1.28. The van der Waals surface area contributed by atoms with E-state index in [1.165, 1.54) is 57.4 Å². The Morgan fingerprint density at radius 2 is 1.72 bits per heavy atom. The minimum absolute atomic E-state index is 0.0234. The number of anilines is 1. The Kier molecular flexibility index (Phi) is 13.8. The molecule has 0 radical (unpaired) electrons. The van der Waals surface area contributed by atoms with Gasteiger partial charge < -0.3 is 29.1 Å². The summed E-state index contributed by atoms with van der Waals surface area (Å²) in [6.07, 6.45) is 8.82. The van der Waals surface area contributed by atoms with Crippen molar-refractivity contribution < 1.29 is 32.5 Å². The molecule has 0 bridgehead atoms. The summed E-state index contributed by atoms with van der Waals surface area (Å²) >= 11 is 0. The van der Waals surface area contributed by atoms with Gasteiger partial charge in [0.05, 0.1) is 42.4 Å². The fourth-order valence-electron chi connectivity index (χ4n) is 6.61. The molecule has 1 amide bonds. The summed E-state index contributed by atoms with van der Waals surface area (Å²) in [4.78, 5) is 18.5. The maximum absolute atomic E-state index is 14.4. The van der Waals surface area contributed by atoms with E-state index in [-0.39, 0.29) is 46.8 Å². The molecule has 262 valence electrons. The van der Waals surface area contributed by atoms with E-state index in [2.05, 4.69) is 23.6 Å². The number of fused-ring (bicyclic) bond motifs is 1. The van der Waals surface area contributed by atoms with Gasteiger partial charge >= 0.3 is 0 Å². The van der Waals surface area contributed by atoms with Gasteiger partial charge in [-0.2, -0.15) is 0 Å². The zero-order chi connectivity index (χ0) is 34.0. The van der Waals surface area contributed by atoms with Crippen LogP contribution in [0.2, 0.25) is 0 Å². The van der Waals surface area contributed by atoms with Crippen molar-refractivity contribution >= 4 is 21.6 Å². The number of aliphatic hydroxyl groups is 1. The number of benzene rings is 2. The second-order valence-electron chi connectivity index (χ2n) is 13.5. The van der Waals surface area contributed by atoms with Crippen molar-refractivity contribution in [2.75, 3.05) is 51.7 Å². The van der Waals surface area contributed by atoms with Crippen LogP contribution in [0.3, 0.4) is 0 Å². The highest BCUT2D eigenvalue weighted by Crippen LogP contribution is 2.30. The van der Waals surface area contributed by atoms with E-state index >= 15 is 0 Å². The number of nitrogens with one attached hydrogen (secondary N) is 1. The molecular formula is C36H55N3O7S. The minimum Gasteiger partial charge on any atom is -0.497 e. The van der Waals surface area contributed by atoms with Crippen LogP contribution in [0.25, 0.3) is 0 Å². The zero-order valence-electron chi connectivity index (χ0n) is 28.8. The monoisotopic (exact) mass is 673 g/mol. The van der Waals surface area contributed by atoms with E-state index in [9.17, 15) is 18.3 Å². The maximum Gasteiger partial charge on any atom is 0.261 e. The van der Waals surface area contributed by atoms with Crippen LogP contribution in [0, 0.1) is 11.8 Å². The van der Waals surface area contributed by atoms with Crippen molar-refractivity contribution in [2.45, 2.75) is 95.3 Å². The molecule has 2 aromatic rings. The quantitative estimate of drug-likeness (QED) is 0.325. The lowest BCUT2D eigenvalue weighted by molar-refractivity contribution is -0.0190. The first-order chi connectivity index (χ1) is 22.5. The van der Waals surface area contributed by atoms with Gasteiger partial charge in [-0.25, -0.2) is 8.42 Å². The second kappa shape index (κ2) is 17.5. The standard InChI is InChI=1S/C36H55N3O7S/c1-26-22-39(27(2)25-40)36(41)33-21-30(37-47(42,43)32-17-15-31(44-5)16-18-32)14-19-34(33)46-28(3)11-9-10-20-45-35(26)24-38(4)23-29-12-7-6-8-13-29/h14-19,21,26-29,35,37,40H,6-13,20,22-25H2,1-5H3/t26-,27-,28-,35+/m1/s1. The third-order valence-corrected chi connectivity index (χ3v) is 10.9. The third-order valence-electron chi connectivity index (χ3n) is 9.46. The third kappa shape index (κ3) is 10.6. The first-order valence-corrected chi connectivity index (χ1v) is 18.7. The molecule has 4 atom stereocenters. The number of aliphatic hydroxyl groups excluding tert-OH is 1. The van der Waals surface area contributed by atoms with Gasteiger partial charge in [-0.05, 0) is 101 Å². The first-order valence-electron chi connectivity index (χ1n) is 17.2. The topological polar surface area (TPSA) is 118 Å². The van der Waals surface area contributed by atoms with Gasteiger partial charge in [0.2, 0.25) is 0 Å². The average Bonchev–Trinajstić information content (AvgIpc) is 3.06. The van der Waals surface area contributed by atoms with Crippen molar-refractivity contribution in [2.24, 2.45) is 11.8 Å². The Labute approximate surface area is 281 Å². The van der Waals surface area contributed by atoms with Gasteiger partial charge in [-0.15, -0.1) is 0 Å². The average molecular weight is 674 g/mol. The fourth-order valence-corrected chi connectivity index (χ4v) is 7.66. The second-order valence-corrected chi connectivity index (χ2v) is 15.2. The molecule has 1 aliphatic heterocycles. The summed E-state index contributed by atoms with van der Waals surface area (Å²) in [6.45, 7) is 8.48. The van der Waals surface area contributed by atoms with Crippen molar-refractivity contribution in [1.82, 2.24) is 9.80 Å². The molecule has 1 heterocycles. The van der Waals surface area contributed by atoms with Gasteiger partial charge in [0.15, 0.2) is 0 Å². The number of hydrogen-bond acceptors (Lipinski definition) is 8. The molecule has 2 N–H and O–H groups in total. The molecular weight excluding hydrogens is 618 g/mol. The summed E-state index contributed by atoms with van der Waals surface area (Å²) in [5, 5.41) is 10.3. The molecule has 2 aromatic carbocycles. The molecule has 0 spiro atoms. The van der Waals surface area contributed by atoms with Crippen molar-refractivity contribution in [3.63, 3.8) is 0 Å². The van der Waals surface area contributed by atoms with Gasteiger partial charge in [-0.3, -0.25) is 9.52 Å². The molecule has 0 unspecified atom stereocenters. The lowest BCUT2D eigenvalue weighted by atomic mass is 9.89. The Morgan fingerprint density at radius 3 is 2.40 bits per heavy atom. The molecule has 11 heteroatoms. The van der Waals surface area contributed by atoms with Crippen molar-refractivity contribution in [3.05, 3.63) is 48.0 Å². The predicted octanol–water partition coefficient (Wildman–Crippen LogP) is 5.80. The fraction of sp³-hybridized carbons (Fsp3) is 0.639. The highest BCUT2D eigenvalue weighted by atomic mass is 32.2. The molecule has 0 saturated heterocycles. The molecule has 1 aliphatic carbocycles. The normalized spacial score (nSPS) is 23.0. The number of carbonyl (C=O) groups excluding carboxylic acids is 1. The Bertz CT molecular complexity index is 1380. The lowest BCUT2D eigenvalue weighted by Gasteiger charge is -2.36. The van der Waals surface area contributed by atoms with E-state index < -0.39 is 16.1 Å². The largest absolute Gasteiger partial charge is 0.497 e. The van der Waals surface area contributed by atoms with Gasteiger partial charge in [0.25, 0.3) is 15.9 Å². The van der Waals surface area contributed by atoms with Gasteiger partial charge in [0, 0.05) is 37.8 Å². The van der Waals surface area contributed by atoms with Crippen LogP contribution in [0.5, 0.6) is 11.5 Å². The molecule has 2 aliphatic rings. The van der Waals surface area contributed by atoms with E-state index in [0.29, 0.717) is 30.6 Å². The number of hydrogen-bond donors (Lipinski definition) is 2. The van der Waals surface area contributed by atoms with Gasteiger partial charge in [0.1, 0.15) is 11.5 Å². The summed E-state index contributed by atoms with van der Waals surface area (Å²) in [6, 6.07) is 10.4. The number of nitrogens with zero attached hydrogens (tertiary/aromatic N) is 2. The maximum atomic E-state index is 14.4. The summed E-state index contributed by atoms with van der Waals surface area (Å²) < 4.78 is 47.1. The number of sulfonamides is 1. The summed E-state index contributed by atoms with van der Waals surface area (Å²) in [7, 11) is -0.266. The first kappa shape index (κ1) is 37.0. The van der Waals surface area contributed by atoms with Crippen LogP contribution < -0.4 is 14.2 Å². The molecule has 1 saturated carbocycles. The number of methoxy groups -OCH3 is 1. The van der Waals surface area contributed by atoms with Crippen LogP contribution in [-0.2, 0) is 14.8 Å². The van der Waals surface area contributed by atoms with Crippen LogP contribution in [0.15, 0.2) is 47.4 Å². The van der Waals surface area contributed by atoms with Crippen LogP contribution in [0.1, 0.15) is 82.5 Å². The number of amides is 1. The summed E-state index contributed by atoms with van der Waals surface area (Å²) in [5.41, 5.74) is 0.476. The molecule has 0 aromatic heterocycles. The van der Waals surface area contributed by atoms with Crippen LogP contribution in [0.4, 0.5) is 5.69 Å². The van der Waals surface area contributed by atoms with E-state index in [1.807, 2.05) is 13.8 Å². The Morgan fingerprint density at radius 1 is 1.02 bits per heavy atom. The van der Waals surface area contributed by atoms with Gasteiger partial charge in [-0.1, -0.05) is 26.2 Å². The number of ether oxygens (including phenoxy) is 3. The zero-order valence-corrected chi connectivity index (χ0v) is 29.6. The molecule has 4 rings (SSSR count). The van der Waals surface area contributed by atoms with Crippen LogP contribution in [-0.4, -0.2) is 94.5 Å². The highest BCUT2D eigenvalue weighted by molar-refractivity contribution is 7.92. The smallest absolute Gasteiger partial charge is 0.261 e. The number of carbonyl (C=O) groups is 1. The molecule has 1 fully saturated rings. The SMILES string of the molecule is COc1ccc(S(=O)(=O)Nc2ccc3c(c2)C(=O)N([C@H](C)CO)C[C@@H](C)[C@H](CN(C)CC2CCCCC2)OCCCC[C@@H](C)O3)cc1.